The van der Waals surface area contributed by atoms with Crippen LogP contribution in [0.5, 0.6) is 0 Å². The van der Waals surface area contributed by atoms with Crippen molar-refractivity contribution in [2.75, 3.05) is 5.32 Å². The van der Waals surface area contributed by atoms with Crippen LogP contribution in [-0.2, 0) is 13.1 Å². The van der Waals surface area contributed by atoms with Crippen molar-refractivity contribution in [2.45, 2.75) is 40.8 Å². The quantitative estimate of drug-likeness (QED) is 0.780. The fourth-order valence-corrected chi connectivity index (χ4v) is 2.47. The van der Waals surface area contributed by atoms with E-state index in [0.29, 0.717) is 18.5 Å². The molecule has 3 heterocycles. The van der Waals surface area contributed by atoms with E-state index < -0.39 is 0 Å². The summed E-state index contributed by atoms with van der Waals surface area (Å²) in [6.07, 6.45) is 1.60. The number of nitrogens with one attached hydrogen (secondary N) is 1. The zero-order valence-electron chi connectivity index (χ0n) is 13.2. The number of aryl methyl sites for hydroxylation is 3. The summed E-state index contributed by atoms with van der Waals surface area (Å²) in [6.45, 7) is 9.46. The van der Waals surface area contributed by atoms with Gasteiger partial charge < -0.3 is 14.2 Å². The molecular weight excluding hydrogens is 282 g/mol. The van der Waals surface area contributed by atoms with Crippen LogP contribution in [0.3, 0.4) is 0 Å². The monoisotopic (exact) mass is 301 g/mol. The Morgan fingerprint density at radius 2 is 2.05 bits per heavy atom. The second-order valence-electron chi connectivity index (χ2n) is 5.12. The van der Waals surface area contributed by atoms with Crippen LogP contribution < -0.4 is 5.32 Å². The van der Waals surface area contributed by atoms with Crippen molar-refractivity contribution in [1.29, 1.82) is 0 Å². The van der Waals surface area contributed by atoms with E-state index in [9.17, 15) is 0 Å². The Labute approximate surface area is 128 Å². The normalized spacial score (nSPS) is 11.1. The Bertz CT molecular complexity index is 784. The van der Waals surface area contributed by atoms with Crippen molar-refractivity contribution in [3.8, 4) is 11.5 Å². The fourth-order valence-electron chi connectivity index (χ4n) is 2.47. The lowest BCUT2D eigenvalue weighted by Crippen LogP contribution is -2.03. The molecule has 0 atom stereocenters. The molecule has 0 aliphatic rings. The highest BCUT2D eigenvalue weighted by molar-refractivity contribution is 5.55. The number of aromatic nitrogens is 4. The Morgan fingerprint density at radius 3 is 2.68 bits per heavy atom. The van der Waals surface area contributed by atoms with Gasteiger partial charge in [-0.05, 0) is 33.8 Å². The third-order valence-corrected chi connectivity index (χ3v) is 3.76. The van der Waals surface area contributed by atoms with Crippen LogP contribution in [-0.4, -0.2) is 20.0 Å². The van der Waals surface area contributed by atoms with Crippen LogP contribution in [0.1, 0.15) is 29.6 Å². The van der Waals surface area contributed by atoms with E-state index in [0.717, 1.165) is 34.8 Å². The first-order valence-electron chi connectivity index (χ1n) is 7.24. The van der Waals surface area contributed by atoms with Crippen molar-refractivity contribution in [2.24, 2.45) is 0 Å². The number of furan rings is 1. The summed E-state index contributed by atoms with van der Waals surface area (Å²) in [5.41, 5.74) is 4.13. The van der Waals surface area contributed by atoms with Crippen molar-refractivity contribution in [1.82, 2.24) is 20.0 Å². The Balaban J connectivity index is 1.74. The molecule has 3 aromatic heterocycles. The molecule has 0 aromatic carbocycles. The van der Waals surface area contributed by atoms with E-state index in [1.54, 1.807) is 6.26 Å². The average Bonchev–Trinajstić information content (AvgIpc) is 3.18. The maximum absolute atomic E-state index is 5.62. The van der Waals surface area contributed by atoms with E-state index >= 15 is 0 Å². The first kappa shape index (κ1) is 14.4. The van der Waals surface area contributed by atoms with Crippen LogP contribution in [0, 0.1) is 20.8 Å². The third kappa shape index (κ3) is 2.49. The zero-order valence-corrected chi connectivity index (χ0v) is 13.2. The van der Waals surface area contributed by atoms with Crippen LogP contribution in [0.2, 0.25) is 0 Å². The molecule has 0 bridgehead atoms. The molecule has 0 spiro atoms. The Morgan fingerprint density at radius 1 is 1.23 bits per heavy atom. The summed E-state index contributed by atoms with van der Waals surface area (Å²) in [4.78, 5) is 0. The third-order valence-electron chi connectivity index (χ3n) is 3.76. The zero-order chi connectivity index (χ0) is 15.7. The number of hydrogen-bond donors (Lipinski definition) is 1. The molecule has 7 heteroatoms. The molecule has 0 aliphatic heterocycles. The minimum atomic E-state index is 0.388. The summed E-state index contributed by atoms with van der Waals surface area (Å²) in [7, 11) is 0. The summed E-state index contributed by atoms with van der Waals surface area (Å²) >= 11 is 0. The second kappa shape index (κ2) is 5.67. The summed E-state index contributed by atoms with van der Waals surface area (Å²) in [5.74, 6) is 1.21. The molecule has 1 N–H and O–H groups in total. The molecule has 0 saturated heterocycles. The van der Waals surface area contributed by atoms with E-state index in [2.05, 4.69) is 34.5 Å². The fraction of sp³-hybridized carbons (Fsp3) is 0.400. The van der Waals surface area contributed by atoms with Crippen LogP contribution in [0.15, 0.2) is 21.2 Å². The van der Waals surface area contributed by atoms with Gasteiger partial charge in [0.05, 0.1) is 17.5 Å². The van der Waals surface area contributed by atoms with Crippen molar-refractivity contribution in [3.05, 3.63) is 35.0 Å². The van der Waals surface area contributed by atoms with Gasteiger partial charge in [0.2, 0.25) is 0 Å². The van der Waals surface area contributed by atoms with E-state index in [-0.39, 0.29) is 0 Å². The standard InChI is InChI=1S/C15H19N5O2/c1-5-20-10(3)13(9(2)19-20)8-16-15-18-17-14(22-15)12-6-7-21-11(12)4/h6-7H,5,8H2,1-4H3,(H,16,18). The van der Waals surface area contributed by atoms with Gasteiger partial charge in [-0.2, -0.15) is 5.10 Å². The molecule has 0 amide bonds. The first-order chi connectivity index (χ1) is 10.6. The first-order valence-corrected chi connectivity index (χ1v) is 7.24. The minimum absolute atomic E-state index is 0.388. The molecule has 0 saturated carbocycles. The molecule has 0 aliphatic carbocycles. The van der Waals surface area contributed by atoms with Gasteiger partial charge >= 0.3 is 6.01 Å². The van der Waals surface area contributed by atoms with Gasteiger partial charge in [0, 0.05) is 24.3 Å². The lowest BCUT2D eigenvalue weighted by atomic mass is 10.2. The van der Waals surface area contributed by atoms with E-state index in [1.165, 1.54) is 0 Å². The predicted molar refractivity (Wildman–Crippen MR) is 81.4 cm³/mol. The molecule has 0 unspecified atom stereocenters. The van der Waals surface area contributed by atoms with Crippen LogP contribution in [0.25, 0.3) is 11.5 Å². The van der Waals surface area contributed by atoms with Gasteiger partial charge in [0.1, 0.15) is 5.76 Å². The Hall–Kier alpha value is -2.57. The minimum Gasteiger partial charge on any atom is -0.469 e. The van der Waals surface area contributed by atoms with Crippen LogP contribution >= 0.6 is 0 Å². The van der Waals surface area contributed by atoms with E-state index in [4.69, 9.17) is 8.83 Å². The summed E-state index contributed by atoms with van der Waals surface area (Å²) in [6, 6.07) is 2.20. The lowest BCUT2D eigenvalue weighted by Gasteiger charge is -2.03. The largest absolute Gasteiger partial charge is 0.469 e. The highest BCUT2D eigenvalue weighted by Gasteiger charge is 2.14. The van der Waals surface area contributed by atoms with Crippen molar-refractivity contribution in [3.63, 3.8) is 0 Å². The predicted octanol–water partition coefficient (Wildman–Crippen LogP) is 3.08. The molecular formula is C15H19N5O2. The van der Waals surface area contributed by atoms with Gasteiger partial charge in [-0.3, -0.25) is 4.68 Å². The highest BCUT2D eigenvalue weighted by atomic mass is 16.4. The molecule has 7 nitrogen and oxygen atoms in total. The van der Waals surface area contributed by atoms with E-state index in [1.807, 2.05) is 24.6 Å². The highest BCUT2D eigenvalue weighted by Crippen LogP contribution is 2.24. The molecule has 0 fully saturated rings. The second-order valence-corrected chi connectivity index (χ2v) is 5.12. The smallest absolute Gasteiger partial charge is 0.316 e. The average molecular weight is 301 g/mol. The van der Waals surface area contributed by atoms with Gasteiger partial charge in [-0.1, -0.05) is 5.10 Å². The lowest BCUT2D eigenvalue weighted by molar-refractivity contribution is 0.530. The Kier molecular flexibility index (Phi) is 3.70. The summed E-state index contributed by atoms with van der Waals surface area (Å²) < 4.78 is 12.9. The molecule has 116 valence electrons. The SMILES string of the molecule is CCn1nc(C)c(CNc2nnc(-c3ccoc3C)o2)c1C. The summed E-state index contributed by atoms with van der Waals surface area (Å²) in [5, 5.41) is 15.7. The maximum atomic E-state index is 5.62. The molecule has 3 aromatic rings. The van der Waals surface area contributed by atoms with Gasteiger partial charge in [-0.25, -0.2) is 0 Å². The van der Waals surface area contributed by atoms with Crippen molar-refractivity contribution < 1.29 is 8.83 Å². The topological polar surface area (TPSA) is 81.9 Å². The number of nitrogens with zero attached hydrogens (tertiary/aromatic N) is 4. The van der Waals surface area contributed by atoms with Gasteiger partial charge in [-0.15, -0.1) is 5.10 Å². The van der Waals surface area contributed by atoms with Gasteiger partial charge in [0.15, 0.2) is 0 Å². The maximum Gasteiger partial charge on any atom is 0.316 e. The number of anilines is 1. The molecule has 22 heavy (non-hydrogen) atoms. The van der Waals surface area contributed by atoms with Crippen molar-refractivity contribution >= 4 is 6.01 Å². The van der Waals surface area contributed by atoms with Gasteiger partial charge in [0.25, 0.3) is 5.89 Å². The molecule has 3 rings (SSSR count). The molecule has 0 radical (unpaired) electrons. The number of rotatable bonds is 5. The number of hydrogen-bond acceptors (Lipinski definition) is 6. The van der Waals surface area contributed by atoms with Crippen LogP contribution in [0.4, 0.5) is 6.01 Å².